The van der Waals surface area contributed by atoms with Crippen molar-refractivity contribution in [2.75, 3.05) is 45.2 Å². The largest absolute Gasteiger partial charge is 0.363 e. The first-order valence-electron chi connectivity index (χ1n) is 5.86. The maximum absolute atomic E-state index is 12.3. The van der Waals surface area contributed by atoms with Crippen LogP contribution in [-0.2, 0) is 10.0 Å². The Bertz CT molecular complexity index is 492. The van der Waals surface area contributed by atoms with Gasteiger partial charge in [-0.15, -0.1) is 0 Å². The summed E-state index contributed by atoms with van der Waals surface area (Å²) in [4.78, 5) is 6.24. The first-order valence-corrected chi connectivity index (χ1v) is 7.30. The molecule has 1 aromatic heterocycles. The van der Waals surface area contributed by atoms with Gasteiger partial charge in [-0.1, -0.05) is 0 Å². The number of rotatable bonds is 3. The number of hydrogen-bond acceptors (Lipinski definition) is 5. The Morgan fingerprint density at radius 1 is 1.28 bits per heavy atom. The van der Waals surface area contributed by atoms with Crippen molar-refractivity contribution in [3.05, 3.63) is 18.3 Å². The van der Waals surface area contributed by atoms with Gasteiger partial charge in [-0.05, 0) is 12.1 Å². The van der Waals surface area contributed by atoms with Crippen LogP contribution < -0.4 is 10.2 Å². The highest BCUT2D eigenvalue weighted by Gasteiger charge is 2.25. The van der Waals surface area contributed by atoms with E-state index in [-0.39, 0.29) is 4.90 Å². The Labute approximate surface area is 108 Å². The van der Waals surface area contributed by atoms with E-state index in [1.165, 1.54) is 10.5 Å². The van der Waals surface area contributed by atoms with Gasteiger partial charge in [-0.2, -0.15) is 4.31 Å². The number of piperazine rings is 1. The van der Waals surface area contributed by atoms with Crippen LogP contribution in [0.1, 0.15) is 0 Å². The highest BCUT2D eigenvalue weighted by molar-refractivity contribution is 7.89. The van der Waals surface area contributed by atoms with Crippen LogP contribution >= 0.6 is 0 Å². The predicted octanol–water partition coefficient (Wildman–Crippen LogP) is -0.258. The number of nitrogens with one attached hydrogen (secondary N) is 1. The summed E-state index contributed by atoms with van der Waals surface area (Å²) < 4.78 is 26.1. The summed E-state index contributed by atoms with van der Waals surface area (Å²) in [5, 5.41) is 3.13. The van der Waals surface area contributed by atoms with Crippen LogP contribution in [-0.4, -0.2) is 58.0 Å². The minimum absolute atomic E-state index is 0.259. The van der Waals surface area contributed by atoms with Crippen molar-refractivity contribution < 1.29 is 8.42 Å². The lowest BCUT2D eigenvalue weighted by Gasteiger charge is -2.26. The van der Waals surface area contributed by atoms with E-state index in [2.05, 4.69) is 10.3 Å². The molecule has 1 saturated heterocycles. The second-order valence-corrected chi connectivity index (χ2v) is 6.34. The molecule has 0 atom stereocenters. The maximum Gasteiger partial charge on any atom is 0.244 e. The molecule has 18 heavy (non-hydrogen) atoms. The van der Waals surface area contributed by atoms with Crippen molar-refractivity contribution in [3.63, 3.8) is 0 Å². The Balaban J connectivity index is 2.23. The SMILES string of the molecule is CN(C)c1ccc(S(=O)(=O)N2CCNCC2)cn1. The average Bonchev–Trinajstić information content (AvgIpc) is 2.40. The summed E-state index contributed by atoms with van der Waals surface area (Å²) in [5.74, 6) is 0.745. The van der Waals surface area contributed by atoms with E-state index >= 15 is 0 Å². The number of anilines is 1. The van der Waals surface area contributed by atoms with E-state index in [0.717, 1.165) is 5.82 Å². The second kappa shape index (κ2) is 5.21. The van der Waals surface area contributed by atoms with Gasteiger partial charge in [0.25, 0.3) is 0 Å². The van der Waals surface area contributed by atoms with Crippen molar-refractivity contribution in [1.29, 1.82) is 0 Å². The van der Waals surface area contributed by atoms with Gasteiger partial charge in [0.2, 0.25) is 10.0 Å². The molecule has 0 unspecified atom stereocenters. The van der Waals surface area contributed by atoms with Gasteiger partial charge in [0.1, 0.15) is 10.7 Å². The molecule has 0 radical (unpaired) electrons. The summed E-state index contributed by atoms with van der Waals surface area (Å²) in [6.45, 7) is 2.42. The van der Waals surface area contributed by atoms with Crippen molar-refractivity contribution in [1.82, 2.24) is 14.6 Å². The number of nitrogens with zero attached hydrogens (tertiary/aromatic N) is 3. The van der Waals surface area contributed by atoms with Gasteiger partial charge >= 0.3 is 0 Å². The first kappa shape index (κ1) is 13.3. The Morgan fingerprint density at radius 2 is 1.94 bits per heavy atom. The molecule has 1 aliphatic rings. The fourth-order valence-corrected chi connectivity index (χ4v) is 3.21. The van der Waals surface area contributed by atoms with E-state index in [9.17, 15) is 8.42 Å². The highest BCUT2D eigenvalue weighted by atomic mass is 32.2. The van der Waals surface area contributed by atoms with Crippen LogP contribution in [0.4, 0.5) is 5.82 Å². The molecule has 0 aliphatic carbocycles. The zero-order chi connectivity index (χ0) is 13.2. The number of sulfonamides is 1. The summed E-state index contributed by atoms with van der Waals surface area (Å²) in [5.41, 5.74) is 0. The molecule has 1 fully saturated rings. The first-order chi connectivity index (χ1) is 8.51. The molecule has 0 amide bonds. The molecule has 0 aromatic carbocycles. The zero-order valence-electron chi connectivity index (χ0n) is 10.6. The maximum atomic E-state index is 12.3. The Hall–Kier alpha value is -1.18. The van der Waals surface area contributed by atoms with Crippen molar-refractivity contribution in [3.8, 4) is 0 Å². The Morgan fingerprint density at radius 3 is 2.44 bits per heavy atom. The minimum atomic E-state index is -3.39. The van der Waals surface area contributed by atoms with Gasteiger partial charge in [0.05, 0.1) is 0 Å². The highest BCUT2D eigenvalue weighted by Crippen LogP contribution is 2.17. The molecule has 0 saturated carbocycles. The molecule has 100 valence electrons. The normalized spacial score (nSPS) is 17.7. The summed E-state index contributed by atoms with van der Waals surface area (Å²) in [6.07, 6.45) is 1.42. The summed E-state index contributed by atoms with van der Waals surface area (Å²) >= 11 is 0. The molecule has 2 heterocycles. The zero-order valence-corrected chi connectivity index (χ0v) is 11.4. The average molecular weight is 270 g/mol. The third kappa shape index (κ3) is 2.63. The fourth-order valence-electron chi connectivity index (χ4n) is 1.82. The minimum Gasteiger partial charge on any atom is -0.363 e. The Kier molecular flexibility index (Phi) is 3.84. The molecular formula is C11H18N4O2S. The standard InChI is InChI=1S/C11H18N4O2S/c1-14(2)11-4-3-10(9-13-11)18(16,17)15-7-5-12-6-8-15/h3-4,9,12H,5-8H2,1-2H3. The summed E-state index contributed by atoms with van der Waals surface area (Å²) in [7, 11) is 0.344. The van der Waals surface area contributed by atoms with Crippen LogP contribution in [0, 0.1) is 0 Å². The third-order valence-electron chi connectivity index (χ3n) is 2.89. The van der Waals surface area contributed by atoms with Crippen molar-refractivity contribution >= 4 is 15.8 Å². The molecule has 0 spiro atoms. The molecule has 6 nitrogen and oxygen atoms in total. The van der Waals surface area contributed by atoms with E-state index in [0.29, 0.717) is 26.2 Å². The van der Waals surface area contributed by atoms with Gasteiger partial charge in [-0.3, -0.25) is 0 Å². The van der Waals surface area contributed by atoms with Gasteiger partial charge in [0.15, 0.2) is 0 Å². The fraction of sp³-hybridized carbons (Fsp3) is 0.545. The lowest BCUT2D eigenvalue weighted by molar-refractivity contribution is 0.360. The molecule has 1 N–H and O–H groups in total. The van der Waals surface area contributed by atoms with Crippen LogP contribution in [0.15, 0.2) is 23.2 Å². The number of pyridine rings is 1. The van der Waals surface area contributed by atoms with Gasteiger partial charge in [-0.25, -0.2) is 13.4 Å². The second-order valence-electron chi connectivity index (χ2n) is 4.40. The van der Waals surface area contributed by atoms with E-state index in [1.807, 2.05) is 19.0 Å². The van der Waals surface area contributed by atoms with Crippen molar-refractivity contribution in [2.45, 2.75) is 4.90 Å². The number of aromatic nitrogens is 1. The monoisotopic (exact) mass is 270 g/mol. The van der Waals surface area contributed by atoms with Crippen molar-refractivity contribution in [2.24, 2.45) is 0 Å². The van der Waals surface area contributed by atoms with Crippen LogP contribution in [0.3, 0.4) is 0 Å². The predicted molar refractivity (Wildman–Crippen MR) is 70.2 cm³/mol. The quantitative estimate of drug-likeness (QED) is 0.820. The third-order valence-corrected chi connectivity index (χ3v) is 4.77. The molecule has 1 aromatic rings. The molecule has 0 bridgehead atoms. The molecule has 7 heteroatoms. The molecule has 2 rings (SSSR count). The van der Waals surface area contributed by atoms with E-state index < -0.39 is 10.0 Å². The van der Waals surface area contributed by atoms with Crippen LogP contribution in [0.25, 0.3) is 0 Å². The summed E-state index contributed by atoms with van der Waals surface area (Å²) in [6, 6.07) is 3.33. The lowest BCUT2D eigenvalue weighted by atomic mass is 10.4. The lowest BCUT2D eigenvalue weighted by Crippen LogP contribution is -2.46. The van der Waals surface area contributed by atoms with E-state index in [4.69, 9.17) is 0 Å². The molecular weight excluding hydrogens is 252 g/mol. The van der Waals surface area contributed by atoms with Gasteiger partial charge in [0, 0.05) is 46.5 Å². The van der Waals surface area contributed by atoms with Crippen LogP contribution in [0.2, 0.25) is 0 Å². The molecule has 1 aliphatic heterocycles. The van der Waals surface area contributed by atoms with Gasteiger partial charge < -0.3 is 10.2 Å². The topological polar surface area (TPSA) is 65.5 Å². The van der Waals surface area contributed by atoms with E-state index in [1.54, 1.807) is 12.1 Å². The van der Waals surface area contributed by atoms with Crippen LogP contribution in [0.5, 0.6) is 0 Å². The number of hydrogen-bond donors (Lipinski definition) is 1. The smallest absolute Gasteiger partial charge is 0.244 e.